The second kappa shape index (κ2) is 16.5. The summed E-state index contributed by atoms with van der Waals surface area (Å²) in [5.74, 6) is 0.107. The van der Waals surface area contributed by atoms with Crippen molar-refractivity contribution in [1.82, 2.24) is 10.2 Å². The number of hydrogen-bond acceptors (Lipinski definition) is 7. The lowest BCUT2D eigenvalue weighted by Crippen LogP contribution is -2.45. The van der Waals surface area contributed by atoms with Crippen molar-refractivity contribution >= 4 is 27.5 Å². The Morgan fingerprint density at radius 1 is 0.760 bits per heavy atom. The first-order valence-electron chi connectivity index (χ1n) is 15.5. The van der Waals surface area contributed by atoms with E-state index in [2.05, 4.69) is 10.0 Å². The molecule has 0 aromatic heterocycles. The predicted octanol–water partition coefficient (Wildman–Crippen LogP) is 6.11. The highest BCUT2D eigenvalue weighted by Gasteiger charge is 2.32. The number of nitrogens with zero attached hydrogens (tertiary/aromatic N) is 1. The predicted molar refractivity (Wildman–Crippen MR) is 187 cm³/mol. The van der Waals surface area contributed by atoms with Gasteiger partial charge in [-0.25, -0.2) is 12.8 Å². The Hall–Kier alpha value is -5.88. The van der Waals surface area contributed by atoms with Crippen LogP contribution in [0, 0.1) is 5.82 Å². The van der Waals surface area contributed by atoms with Crippen LogP contribution in [0.1, 0.15) is 22.7 Å². The van der Waals surface area contributed by atoms with Gasteiger partial charge in [0.2, 0.25) is 5.91 Å². The van der Waals surface area contributed by atoms with E-state index in [1.54, 1.807) is 56.7 Å². The molecule has 2 N–H and O–H groups in total. The molecule has 0 aliphatic carbocycles. The van der Waals surface area contributed by atoms with Gasteiger partial charge in [-0.2, -0.15) is 0 Å². The Labute approximate surface area is 290 Å². The molecule has 0 aliphatic rings. The van der Waals surface area contributed by atoms with Crippen molar-refractivity contribution in [2.75, 3.05) is 25.5 Å². The molecule has 5 aromatic rings. The SMILES string of the molecule is COc1ccc(CN(C(=O)COc2ccc(S(=O)(=O)Nc3ccc(F)cc3)cc2)C(C(=O)NCc2ccccc2OC)c2ccccc2)cc1. The van der Waals surface area contributed by atoms with Gasteiger partial charge in [-0.05, 0) is 77.9 Å². The van der Waals surface area contributed by atoms with Crippen LogP contribution in [0.2, 0.25) is 0 Å². The molecule has 0 radical (unpaired) electrons. The Kier molecular flexibility index (Phi) is 11.7. The van der Waals surface area contributed by atoms with E-state index in [1.807, 2.05) is 36.4 Å². The number of amides is 2. The number of ether oxygens (including phenoxy) is 3. The molecule has 258 valence electrons. The standard InChI is InChI=1S/C38H36FN3O7S/c1-47-32-18-12-27(13-19-32)25-42(37(28-8-4-3-5-9-28)38(44)40-24-29-10-6-7-11-35(29)48-2)36(43)26-49-33-20-22-34(23-21-33)50(45,46)41-31-16-14-30(39)15-17-31/h3-23,37,41H,24-26H2,1-2H3,(H,40,44). The van der Waals surface area contributed by atoms with Crippen LogP contribution < -0.4 is 24.2 Å². The van der Waals surface area contributed by atoms with Gasteiger partial charge in [0.15, 0.2) is 6.61 Å². The van der Waals surface area contributed by atoms with E-state index in [1.165, 1.54) is 41.3 Å². The second-order valence-electron chi connectivity index (χ2n) is 11.1. The number of para-hydroxylation sites is 1. The van der Waals surface area contributed by atoms with Crippen LogP contribution in [0.4, 0.5) is 10.1 Å². The number of carbonyl (C=O) groups excluding carboxylic acids is 2. The quantitative estimate of drug-likeness (QED) is 0.135. The van der Waals surface area contributed by atoms with E-state index < -0.39 is 40.3 Å². The van der Waals surface area contributed by atoms with E-state index in [4.69, 9.17) is 14.2 Å². The minimum Gasteiger partial charge on any atom is -0.497 e. The molecule has 0 fully saturated rings. The van der Waals surface area contributed by atoms with E-state index in [9.17, 15) is 22.4 Å². The Bertz CT molecular complexity index is 1990. The largest absolute Gasteiger partial charge is 0.497 e. The molecular formula is C38H36FN3O7S. The lowest BCUT2D eigenvalue weighted by atomic mass is 10.0. The van der Waals surface area contributed by atoms with Crippen LogP contribution in [0.5, 0.6) is 17.2 Å². The molecule has 0 saturated heterocycles. The smallest absolute Gasteiger partial charge is 0.261 e. The fraction of sp³-hybridized carbons (Fsp3) is 0.158. The first kappa shape index (κ1) is 35.4. The highest BCUT2D eigenvalue weighted by atomic mass is 32.2. The van der Waals surface area contributed by atoms with E-state index in [-0.39, 0.29) is 29.4 Å². The molecule has 0 saturated carbocycles. The zero-order valence-corrected chi connectivity index (χ0v) is 28.2. The normalized spacial score (nSPS) is 11.6. The number of rotatable bonds is 15. The number of methoxy groups -OCH3 is 2. The van der Waals surface area contributed by atoms with Crippen LogP contribution in [-0.4, -0.2) is 46.0 Å². The van der Waals surface area contributed by atoms with Crippen LogP contribution in [-0.2, 0) is 32.7 Å². The molecular weight excluding hydrogens is 661 g/mol. The van der Waals surface area contributed by atoms with Gasteiger partial charge in [0.25, 0.3) is 15.9 Å². The van der Waals surface area contributed by atoms with E-state index >= 15 is 0 Å². The van der Waals surface area contributed by atoms with Crippen LogP contribution >= 0.6 is 0 Å². The van der Waals surface area contributed by atoms with Crippen molar-refractivity contribution in [3.05, 3.63) is 150 Å². The van der Waals surface area contributed by atoms with E-state index in [0.29, 0.717) is 17.1 Å². The summed E-state index contributed by atoms with van der Waals surface area (Å²) in [6.45, 7) is -0.211. The van der Waals surface area contributed by atoms with Crippen LogP contribution in [0.3, 0.4) is 0 Å². The zero-order chi connectivity index (χ0) is 35.5. The summed E-state index contributed by atoms with van der Waals surface area (Å²) in [6, 6.07) is 32.9. The highest BCUT2D eigenvalue weighted by Crippen LogP contribution is 2.27. The average Bonchev–Trinajstić information content (AvgIpc) is 3.14. The van der Waals surface area contributed by atoms with Crippen LogP contribution in [0.15, 0.2) is 132 Å². The van der Waals surface area contributed by atoms with Gasteiger partial charge in [-0.3, -0.25) is 14.3 Å². The average molecular weight is 698 g/mol. The monoisotopic (exact) mass is 697 g/mol. The number of benzene rings is 5. The topological polar surface area (TPSA) is 123 Å². The van der Waals surface area contributed by atoms with Gasteiger partial charge in [0.05, 0.1) is 19.1 Å². The maximum Gasteiger partial charge on any atom is 0.261 e. The van der Waals surface area contributed by atoms with Gasteiger partial charge >= 0.3 is 0 Å². The molecule has 0 aliphatic heterocycles. The van der Waals surface area contributed by atoms with Crippen LogP contribution in [0.25, 0.3) is 0 Å². The van der Waals surface area contributed by atoms with Gasteiger partial charge in [-0.1, -0.05) is 60.7 Å². The summed E-state index contributed by atoms with van der Waals surface area (Å²) in [5.41, 5.74) is 2.31. The van der Waals surface area contributed by atoms with Gasteiger partial charge in [-0.15, -0.1) is 0 Å². The zero-order valence-electron chi connectivity index (χ0n) is 27.4. The third-order valence-electron chi connectivity index (χ3n) is 7.75. The number of nitrogens with one attached hydrogen (secondary N) is 2. The Balaban J connectivity index is 1.37. The van der Waals surface area contributed by atoms with Crippen molar-refractivity contribution in [2.24, 2.45) is 0 Å². The number of anilines is 1. The van der Waals surface area contributed by atoms with Gasteiger partial charge in [0.1, 0.15) is 29.1 Å². The maximum absolute atomic E-state index is 14.0. The summed E-state index contributed by atoms with van der Waals surface area (Å²) in [5, 5.41) is 2.97. The molecule has 50 heavy (non-hydrogen) atoms. The van der Waals surface area contributed by atoms with Crippen molar-refractivity contribution in [3.63, 3.8) is 0 Å². The molecule has 0 bridgehead atoms. The molecule has 1 atom stereocenters. The molecule has 10 nitrogen and oxygen atoms in total. The van der Waals surface area contributed by atoms with Gasteiger partial charge in [0, 0.05) is 24.3 Å². The number of hydrogen-bond donors (Lipinski definition) is 2. The summed E-state index contributed by atoms with van der Waals surface area (Å²) >= 11 is 0. The lowest BCUT2D eigenvalue weighted by molar-refractivity contribution is -0.143. The first-order valence-corrected chi connectivity index (χ1v) is 17.0. The van der Waals surface area contributed by atoms with Gasteiger partial charge < -0.3 is 24.4 Å². The fourth-order valence-electron chi connectivity index (χ4n) is 5.16. The summed E-state index contributed by atoms with van der Waals surface area (Å²) < 4.78 is 57.9. The maximum atomic E-state index is 14.0. The summed E-state index contributed by atoms with van der Waals surface area (Å²) in [6.07, 6.45) is 0. The third kappa shape index (κ3) is 9.17. The Morgan fingerprint density at radius 2 is 1.40 bits per heavy atom. The summed E-state index contributed by atoms with van der Waals surface area (Å²) in [4.78, 5) is 29.4. The second-order valence-corrected chi connectivity index (χ2v) is 12.8. The molecule has 2 amide bonds. The minimum absolute atomic E-state index is 0.0579. The summed E-state index contributed by atoms with van der Waals surface area (Å²) in [7, 11) is -0.858. The number of sulfonamides is 1. The van der Waals surface area contributed by atoms with Crippen molar-refractivity contribution in [1.29, 1.82) is 0 Å². The lowest BCUT2D eigenvalue weighted by Gasteiger charge is -2.31. The fourth-order valence-corrected chi connectivity index (χ4v) is 6.22. The van der Waals surface area contributed by atoms with Crippen molar-refractivity contribution in [3.8, 4) is 17.2 Å². The molecule has 0 heterocycles. The molecule has 5 rings (SSSR count). The Morgan fingerprint density at radius 3 is 2.06 bits per heavy atom. The van der Waals surface area contributed by atoms with Crippen molar-refractivity contribution in [2.45, 2.75) is 24.0 Å². The minimum atomic E-state index is -3.97. The number of halogens is 1. The highest BCUT2D eigenvalue weighted by molar-refractivity contribution is 7.92. The van der Waals surface area contributed by atoms with Crippen molar-refractivity contribution < 1.29 is 36.6 Å². The molecule has 0 spiro atoms. The van der Waals surface area contributed by atoms with E-state index in [0.717, 1.165) is 23.3 Å². The number of carbonyl (C=O) groups is 2. The first-order chi connectivity index (χ1) is 24.2. The third-order valence-corrected chi connectivity index (χ3v) is 9.14. The molecule has 1 unspecified atom stereocenters. The molecule has 5 aromatic carbocycles. The molecule has 12 heteroatoms.